The first-order valence-corrected chi connectivity index (χ1v) is 21.4. The molecule has 4 aromatic heterocycles. The minimum Gasteiger partial charge on any atom is -0.456 e. The summed E-state index contributed by atoms with van der Waals surface area (Å²) in [5.74, 6) is 0.666. The van der Waals surface area contributed by atoms with Crippen LogP contribution in [-0.2, 0) is 0 Å². The van der Waals surface area contributed by atoms with Crippen LogP contribution < -0.4 is 0 Å². The largest absolute Gasteiger partial charge is 0.456 e. The molecule has 0 saturated carbocycles. The molecular weight excluding hydrogens is 763 g/mol. The van der Waals surface area contributed by atoms with Crippen molar-refractivity contribution in [3.63, 3.8) is 0 Å². The van der Waals surface area contributed by atoms with Crippen molar-refractivity contribution in [2.24, 2.45) is 0 Å². The van der Waals surface area contributed by atoms with Gasteiger partial charge in [-0.1, -0.05) is 133 Å². The van der Waals surface area contributed by atoms with Gasteiger partial charge in [0.1, 0.15) is 11.2 Å². The molecule has 0 bridgehead atoms. The topological polar surface area (TPSA) is 43.9 Å². The Morgan fingerprint density at radius 2 is 1.10 bits per heavy atom. The molecule has 284 valence electrons. The number of hydrogen-bond acceptors (Lipinski definition) is 4. The van der Waals surface area contributed by atoms with E-state index in [1.807, 2.05) is 23.5 Å². The number of furan rings is 1. The maximum Gasteiger partial charge on any atom is 0.161 e. The highest BCUT2D eigenvalue weighted by Crippen LogP contribution is 2.43. The summed E-state index contributed by atoms with van der Waals surface area (Å²) in [6.07, 6.45) is 0. The van der Waals surface area contributed by atoms with Crippen molar-refractivity contribution in [2.75, 3.05) is 0 Å². The fourth-order valence-electron chi connectivity index (χ4n) is 9.43. The van der Waals surface area contributed by atoms with Gasteiger partial charge in [-0.15, -0.1) is 11.3 Å². The molecule has 13 aromatic rings. The number of para-hydroxylation sites is 3. The molecule has 9 aromatic carbocycles. The second-order valence-electron chi connectivity index (χ2n) is 15.7. The van der Waals surface area contributed by atoms with Gasteiger partial charge in [-0.25, -0.2) is 9.97 Å². The van der Waals surface area contributed by atoms with E-state index in [-0.39, 0.29) is 0 Å². The Hall–Kier alpha value is -7.86. The molecular formula is C56H33N3OS. The van der Waals surface area contributed by atoms with E-state index in [1.165, 1.54) is 47.5 Å². The molecule has 0 aliphatic heterocycles. The minimum atomic E-state index is 0.666. The highest BCUT2D eigenvalue weighted by atomic mass is 32.1. The van der Waals surface area contributed by atoms with Gasteiger partial charge < -0.3 is 8.98 Å². The molecule has 0 spiro atoms. The van der Waals surface area contributed by atoms with Crippen LogP contribution in [0.3, 0.4) is 0 Å². The molecule has 0 amide bonds. The van der Waals surface area contributed by atoms with Crippen LogP contribution in [0.1, 0.15) is 0 Å². The van der Waals surface area contributed by atoms with Crippen LogP contribution in [0.25, 0.3) is 125 Å². The smallest absolute Gasteiger partial charge is 0.161 e. The minimum absolute atomic E-state index is 0.666. The van der Waals surface area contributed by atoms with Crippen molar-refractivity contribution in [3.05, 3.63) is 200 Å². The SMILES string of the molecule is c1ccc(-n2c3ccccc3c3cc(-c4ccc5oc6cccc(-c7nc(-c8cccc(-c9cccc%10c9sc9ccccc9%10)c8)c8ccccc8n7)c6c5c4)ccc32)cc1. The summed E-state index contributed by atoms with van der Waals surface area (Å²) in [5.41, 5.74) is 13.6. The molecule has 0 N–H and O–H groups in total. The van der Waals surface area contributed by atoms with Crippen molar-refractivity contribution in [1.82, 2.24) is 14.5 Å². The Labute approximate surface area is 354 Å². The highest BCUT2D eigenvalue weighted by molar-refractivity contribution is 7.26. The zero-order chi connectivity index (χ0) is 40.0. The van der Waals surface area contributed by atoms with Crippen molar-refractivity contribution < 1.29 is 4.42 Å². The molecule has 5 heteroatoms. The zero-order valence-electron chi connectivity index (χ0n) is 32.7. The van der Waals surface area contributed by atoms with Gasteiger partial charge in [0.15, 0.2) is 5.82 Å². The third-order valence-corrected chi connectivity index (χ3v) is 13.4. The first kappa shape index (κ1) is 34.0. The normalized spacial score (nSPS) is 11.9. The lowest BCUT2D eigenvalue weighted by atomic mass is 9.97. The zero-order valence-corrected chi connectivity index (χ0v) is 33.5. The summed E-state index contributed by atoms with van der Waals surface area (Å²) in [6.45, 7) is 0. The van der Waals surface area contributed by atoms with E-state index in [0.29, 0.717) is 5.82 Å². The number of fused-ring (bicyclic) bond motifs is 10. The third kappa shape index (κ3) is 5.31. The summed E-state index contributed by atoms with van der Waals surface area (Å²) in [4.78, 5) is 10.7. The van der Waals surface area contributed by atoms with Crippen molar-refractivity contribution >= 4 is 86.2 Å². The Balaban J connectivity index is 0.964. The van der Waals surface area contributed by atoms with Crippen molar-refractivity contribution in [1.29, 1.82) is 0 Å². The van der Waals surface area contributed by atoms with Crippen LogP contribution in [0.15, 0.2) is 205 Å². The van der Waals surface area contributed by atoms with Crippen molar-refractivity contribution in [2.45, 2.75) is 0 Å². The third-order valence-electron chi connectivity index (χ3n) is 12.2. The van der Waals surface area contributed by atoms with Gasteiger partial charge in [0.25, 0.3) is 0 Å². The predicted molar refractivity (Wildman–Crippen MR) is 256 cm³/mol. The van der Waals surface area contributed by atoms with Crippen LogP contribution >= 0.6 is 11.3 Å². The molecule has 13 rings (SSSR count). The van der Waals surface area contributed by atoms with E-state index in [0.717, 1.165) is 72.0 Å². The van der Waals surface area contributed by atoms with E-state index in [1.54, 1.807) is 0 Å². The van der Waals surface area contributed by atoms with Crippen LogP contribution in [-0.4, -0.2) is 14.5 Å². The monoisotopic (exact) mass is 795 g/mol. The lowest BCUT2D eigenvalue weighted by molar-refractivity contribution is 0.669. The van der Waals surface area contributed by atoms with E-state index in [9.17, 15) is 0 Å². The Morgan fingerprint density at radius 3 is 2.02 bits per heavy atom. The van der Waals surface area contributed by atoms with E-state index in [2.05, 4.69) is 193 Å². The van der Waals surface area contributed by atoms with Gasteiger partial charge in [-0.3, -0.25) is 0 Å². The Bertz CT molecular complexity index is 3890. The van der Waals surface area contributed by atoms with Gasteiger partial charge in [0.2, 0.25) is 0 Å². The fourth-order valence-corrected chi connectivity index (χ4v) is 10.7. The number of nitrogens with zero attached hydrogens (tertiary/aromatic N) is 3. The molecule has 0 aliphatic carbocycles. The summed E-state index contributed by atoms with van der Waals surface area (Å²) < 4.78 is 11.5. The van der Waals surface area contributed by atoms with Gasteiger partial charge >= 0.3 is 0 Å². The first-order valence-electron chi connectivity index (χ1n) is 20.6. The maximum absolute atomic E-state index is 6.55. The lowest BCUT2D eigenvalue weighted by Crippen LogP contribution is -1.96. The summed E-state index contributed by atoms with van der Waals surface area (Å²) in [6, 6.07) is 71.3. The molecule has 0 aliphatic rings. The quantitative estimate of drug-likeness (QED) is 0.174. The summed E-state index contributed by atoms with van der Waals surface area (Å²) in [5, 5.41) is 8.09. The fraction of sp³-hybridized carbons (Fsp3) is 0. The predicted octanol–water partition coefficient (Wildman–Crippen LogP) is 15.7. The summed E-state index contributed by atoms with van der Waals surface area (Å²) in [7, 11) is 0. The molecule has 0 radical (unpaired) electrons. The molecule has 0 atom stereocenters. The van der Waals surface area contributed by atoms with Gasteiger partial charge in [-0.05, 0) is 89.0 Å². The Kier molecular flexibility index (Phi) is 7.44. The molecule has 61 heavy (non-hydrogen) atoms. The van der Waals surface area contributed by atoms with Crippen LogP contribution in [0.2, 0.25) is 0 Å². The molecule has 0 unspecified atom stereocenters. The maximum atomic E-state index is 6.55. The second kappa shape index (κ2) is 13.3. The number of thiophene rings is 1. The van der Waals surface area contributed by atoms with Crippen LogP contribution in [0, 0.1) is 0 Å². The van der Waals surface area contributed by atoms with E-state index >= 15 is 0 Å². The number of benzene rings is 9. The van der Waals surface area contributed by atoms with Crippen LogP contribution in [0.4, 0.5) is 0 Å². The molecule has 0 fully saturated rings. The lowest BCUT2D eigenvalue weighted by Gasteiger charge is -2.12. The van der Waals surface area contributed by atoms with Crippen LogP contribution in [0.5, 0.6) is 0 Å². The number of rotatable bonds is 5. The standard InChI is InChI=1S/C56H33N3OS/c1-2-15-38(16-3-1)59-48-24-8-5-17-40(48)45-32-34(27-29-49(45)59)35-28-30-50-46(33-35)53-44(22-12-25-51(53)60-50)56-57-47-23-7-4-19-43(47)54(58-56)37-14-10-13-36(31-37)39-20-11-21-42-41-18-6-9-26-52(41)61-55(39)42/h1-33H. The van der Waals surface area contributed by atoms with Gasteiger partial charge in [-0.2, -0.15) is 0 Å². The number of hydrogen-bond donors (Lipinski definition) is 0. The Morgan fingerprint density at radius 1 is 0.410 bits per heavy atom. The average molecular weight is 796 g/mol. The first-order chi connectivity index (χ1) is 30.2. The second-order valence-corrected chi connectivity index (χ2v) is 16.7. The van der Waals surface area contributed by atoms with E-state index < -0.39 is 0 Å². The van der Waals surface area contributed by atoms with Gasteiger partial charge in [0.05, 0.1) is 22.2 Å². The number of aromatic nitrogens is 3. The van der Waals surface area contributed by atoms with Crippen molar-refractivity contribution in [3.8, 4) is 50.6 Å². The molecule has 4 nitrogen and oxygen atoms in total. The molecule has 4 heterocycles. The van der Waals surface area contributed by atoms with Gasteiger partial charge in [0, 0.05) is 63.9 Å². The highest BCUT2D eigenvalue weighted by Gasteiger charge is 2.20. The average Bonchev–Trinajstić information content (AvgIpc) is 4.01. The molecule has 0 saturated heterocycles. The summed E-state index contributed by atoms with van der Waals surface area (Å²) >= 11 is 1.85. The van der Waals surface area contributed by atoms with E-state index in [4.69, 9.17) is 14.4 Å².